The molecule has 6 nitrogen and oxygen atoms in total. The monoisotopic (exact) mass is 412 g/mol. The van der Waals surface area contributed by atoms with E-state index < -0.39 is 0 Å². The lowest BCUT2D eigenvalue weighted by molar-refractivity contribution is -0.120. The van der Waals surface area contributed by atoms with Gasteiger partial charge in [0.1, 0.15) is 11.9 Å². The van der Waals surface area contributed by atoms with E-state index in [0.717, 1.165) is 12.0 Å². The largest absolute Gasteiger partial charge is 0.367 e. The summed E-state index contributed by atoms with van der Waals surface area (Å²) < 4.78 is 19.3. The van der Waals surface area contributed by atoms with Crippen LogP contribution in [0.1, 0.15) is 24.2 Å². The van der Waals surface area contributed by atoms with Gasteiger partial charge in [-0.15, -0.1) is 0 Å². The van der Waals surface area contributed by atoms with Gasteiger partial charge in [0.05, 0.1) is 19.2 Å². The molecule has 0 spiro atoms. The fraction of sp³-hybridized carbons (Fsp3) is 0.391. The third-order valence-electron chi connectivity index (χ3n) is 5.00. The molecule has 1 aliphatic heterocycles. The molecular weight excluding hydrogens is 383 g/mol. The number of hydrogen-bond acceptors (Lipinski definition) is 3. The summed E-state index contributed by atoms with van der Waals surface area (Å²) in [7, 11) is 1.70. The van der Waals surface area contributed by atoms with Gasteiger partial charge in [-0.05, 0) is 36.6 Å². The topological polar surface area (TPSA) is 66.0 Å². The van der Waals surface area contributed by atoms with Crippen LogP contribution in [0.4, 0.5) is 4.39 Å². The zero-order chi connectivity index (χ0) is 21.3. The lowest BCUT2D eigenvalue weighted by Crippen LogP contribution is -2.52. The van der Waals surface area contributed by atoms with E-state index in [1.165, 1.54) is 17.7 Å². The van der Waals surface area contributed by atoms with E-state index in [4.69, 9.17) is 4.74 Å². The van der Waals surface area contributed by atoms with Gasteiger partial charge >= 0.3 is 0 Å². The molecule has 160 valence electrons. The third kappa shape index (κ3) is 6.29. The van der Waals surface area contributed by atoms with Crippen molar-refractivity contribution in [3.05, 3.63) is 71.5 Å². The molecule has 1 heterocycles. The number of carbonyl (C=O) groups is 1. The van der Waals surface area contributed by atoms with Crippen LogP contribution in [0.5, 0.6) is 0 Å². The standard InChI is InChI=1S/C23H29FN4O2/c1-17-15-28(16-21(30-17)19-8-10-20(24)11-9-19)23(25-2)27-14-22(29)26-13-12-18-6-4-3-5-7-18/h3-11,17,21H,12-16H2,1-2H3,(H,25,27)(H,26,29). The molecule has 3 rings (SSSR count). The fourth-order valence-corrected chi connectivity index (χ4v) is 3.53. The van der Waals surface area contributed by atoms with Crippen molar-refractivity contribution in [3.8, 4) is 0 Å². The van der Waals surface area contributed by atoms with E-state index in [1.54, 1.807) is 19.2 Å². The first-order chi connectivity index (χ1) is 14.5. The Hall–Kier alpha value is -2.93. The van der Waals surface area contributed by atoms with E-state index in [9.17, 15) is 9.18 Å². The van der Waals surface area contributed by atoms with Crippen molar-refractivity contribution in [3.63, 3.8) is 0 Å². The smallest absolute Gasteiger partial charge is 0.239 e. The van der Waals surface area contributed by atoms with Gasteiger partial charge in [0.2, 0.25) is 5.91 Å². The molecule has 0 bridgehead atoms. The Morgan fingerprint density at radius 3 is 2.57 bits per heavy atom. The molecule has 2 unspecified atom stereocenters. The molecule has 2 atom stereocenters. The van der Waals surface area contributed by atoms with E-state index >= 15 is 0 Å². The van der Waals surface area contributed by atoms with Crippen LogP contribution in [-0.4, -0.2) is 56.1 Å². The summed E-state index contributed by atoms with van der Waals surface area (Å²) >= 11 is 0. The molecule has 2 N–H and O–H groups in total. The second-order valence-electron chi connectivity index (χ2n) is 7.38. The van der Waals surface area contributed by atoms with Crippen molar-refractivity contribution in [2.24, 2.45) is 4.99 Å². The Kier molecular flexibility index (Phi) is 7.79. The highest BCUT2D eigenvalue weighted by molar-refractivity contribution is 5.86. The number of halogens is 1. The number of nitrogens with zero attached hydrogens (tertiary/aromatic N) is 2. The number of morpholine rings is 1. The second kappa shape index (κ2) is 10.7. The summed E-state index contributed by atoms with van der Waals surface area (Å²) in [5, 5.41) is 6.06. The number of carbonyl (C=O) groups excluding carboxylic acids is 1. The zero-order valence-electron chi connectivity index (χ0n) is 17.5. The lowest BCUT2D eigenvalue weighted by Gasteiger charge is -2.38. The minimum Gasteiger partial charge on any atom is -0.367 e. The van der Waals surface area contributed by atoms with Crippen LogP contribution in [0, 0.1) is 5.82 Å². The van der Waals surface area contributed by atoms with Crippen molar-refractivity contribution >= 4 is 11.9 Å². The first-order valence-corrected chi connectivity index (χ1v) is 10.2. The highest BCUT2D eigenvalue weighted by Gasteiger charge is 2.28. The molecule has 7 heteroatoms. The van der Waals surface area contributed by atoms with E-state index in [2.05, 4.69) is 20.5 Å². The summed E-state index contributed by atoms with van der Waals surface area (Å²) in [4.78, 5) is 18.6. The van der Waals surface area contributed by atoms with Crippen LogP contribution < -0.4 is 10.6 Å². The Morgan fingerprint density at radius 1 is 1.13 bits per heavy atom. The predicted molar refractivity (Wildman–Crippen MR) is 116 cm³/mol. The molecule has 0 saturated carbocycles. The van der Waals surface area contributed by atoms with Crippen LogP contribution in [-0.2, 0) is 16.0 Å². The predicted octanol–water partition coefficient (Wildman–Crippen LogP) is 2.52. The molecule has 2 aromatic rings. The Labute approximate surface area is 177 Å². The molecule has 30 heavy (non-hydrogen) atoms. The fourth-order valence-electron chi connectivity index (χ4n) is 3.53. The highest BCUT2D eigenvalue weighted by Crippen LogP contribution is 2.25. The van der Waals surface area contributed by atoms with Crippen molar-refractivity contribution < 1.29 is 13.9 Å². The van der Waals surface area contributed by atoms with E-state index in [1.807, 2.05) is 37.3 Å². The quantitative estimate of drug-likeness (QED) is 0.565. The maximum absolute atomic E-state index is 13.2. The summed E-state index contributed by atoms with van der Waals surface area (Å²) in [5.41, 5.74) is 2.11. The summed E-state index contributed by atoms with van der Waals surface area (Å²) in [6.45, 7) is 3.96. The molecule has 2 aromatic carbocycles. The first kappa shape index (κ1) is 21.8. The van der Waals surface area contributed by atoms with Gasteiger partial charge in [0.15, 0.2) is 5.96 Å². The molecule has 1 fully saturated rings. The number of guanidine groups is 1. The minimum atomic E-state index is -0.268. The van der Waals surface area contributed by atoms with Crippen molar-refractivity contribution in [2.75, 3.05) is 33.2 Å². The summed E-state index contributed by atoms with van der Waals surface area (Å²) in [5.74, 6) is 0.300. The van der Waals surface area contributed by atoms with Crippen molar-refractivity contribution in [1.82, 2.24) is 15.5 Å². The summed E-state index contributed by atoms with van der Waals surface area (Å²) in [6, 6.07) is 16.4. The van der Waals surface area contributed by atoms with Gasteiger partial charge in [0.25, 0.3) is 0 Å². The number of ether oxygens (including phenoxy) is 1. The Morgan fingerprint density at radius 2 is 1.87 bits per heavy atom. The number of hydrogen-bond donors (Lipinski definition) is 2. The molecule has 0 radical (unpaired) electrons. The molecule has 0 aromatic heterocycles. The number of benzene rings is 2. The van der Waals surface area contributed by atoms with Gasteiger partial charge in [-0.2, -0.15) is 0 Å². The highest BCUT2D eigenvalue weighted by atomic mass is 19.1. The SMILES string of the molecule is CN=C(NCC(=O)NCCc1ccccc1)N1CC(C)OC(c2ccc(F)cc2)C1. The van der Waals surface area contributed by atoms with E-state index in [-0.39, 0.29) is 30.5 Å². The van der Waals surface area contributed by atoms with Gasteiger partial charge in [-0.3, -0.25) is 9.79 Å². The normalized spacial score (nSPS) is 19.4. The van der Waals surface area contributed by atoms with Gasteiger partial charge in [-0.1, -0.05) is 42.5 Å². The Bertz CT molecular complexity index is 842. The van der Waals surface area contributed by atoms with Gasteiger partial charge < -0.3 is 20.3 Å². The lowest BCUT2D eigenvalue weighted by atomic mass is 10.1. The van der Waals surface area contributed by atoms with Crippen LogP contribution >= 0.6 is 0 Å². The third-order valence-corrected chi connectivity index (χ3v) is 5.00. The minimum absolute atomic E-state index is 0.0212. The van der Waals surface area contributed by atoms with Crippen LogP contribution in [0.2, 0.25) is 0 Å². The number of aliphatic imine (C=N–C) groups is 1. The van der Waals surface area contributed by atoms with Crippen molar-refractivity contribution in [1.29, 1.82) is 0 Å². The first-order valence-electron chi connectivity index (χ1n) is 10.2. The summed E-state index contributed by atoms with van der Waals surface area (Å²) in [6.07, 6.45) is 0.585. The average molecular weight is 413 g/mol. The molecule has 0 aliphatic carbocycles. The number of nitrogens with one attached hydrogen (secondary N) is 2. The zero-order valence-corrected chi connectivity index (χ0v) is 17.5. The number of rotatable bonds is 6. The average Bonchev–Trinajstić information content (AvgIpc) is 2.75. The molecule has 1 saturated heterocycles. The molecule has 1 amide bonds. The maximum atomic E-state index is 13.2. The van der Waals surface area contributed by atoms with Crippen molar-refractivity contribution in [2.45, 2.75) is 25.6 Å². The maximum Gasteiger partial charge on any atom is 0.239 e. The van der Waals surface area contributed by atoms with Crippen LogP contribution in [0.25, 0.3) is 0 Å². The number of amides is 1. The van der Waals surface area contributed by atoms with Crippen LogP contribution in [0.15, 0.2) is 59.6 Å². The Balaban J connectivity index is 1.49. The second-order valence-corrected chi connectivity index (χ2v) is 7.38. The van der Waals surface area contributed by atoms with E-state index in [0.29, 0.717) is 25.6 Å². The molecule has 1 aliphatic rings. The van der Waals surface area contributed by atoms with Crippen LogP contribution in [0.3, 0.4) is 0 Å². The molecular formula is C23H29FN4O2. The van der Waals surface area contributed by atoms with Gasteiger partial charge in [-0.25, -0.2) is 4.39 Å². The van der Waals surface area contributed by atoms with Gasteiger partial charge in [0, 0.05) is 20.1 Å².